The maximum absolute atomic E-state index is 5.20. The van der Waals surface area contributed by atoms with Gasteiger partial charge in [-0.3, -0.25) is 0 Å². The summed E-state index contributed by atoms with van der Waals surface area (Å²) in [7, 11) is 0. The van der Waals surface area contributed by atoms with Crippen molar-refractivity contribution < 1.29 is 4.74 Å². The predicted octanol–water partition coefficient (Wildman–Crippen LogP) is 2.16. The Hall–Kier alpha value is -1.01. The van der Waals surface area contributed by atoms with E-state index >= 15 is 0 Å². The van der Waals surface area contributed by atoms with E-state index in [1.807, 2.05) is 19.1 Å². The van der Waals surface area contributed by atoms with Crippen molar-refractivity contribution in [1.29, 1.82) is 0 Å². The number of hydrogen-bond donors (Lipinski definition) is 0. The van der Waals surface area contributed by atoms with E-state index in [1.54, 1.807) is 0 Å². The van der Waals surface area contributed by atoms with Gasteiger partial charge in [-0.05, 0) is 35.0 Å². The molecule has 0 spiro atoms. The number of halogens is 1. The van der Waals surface area contributed by atoms with Crippen LogP contribution in [-0.4, -0.2) is 11.6 Å². The highest BCUT2D eigenvalue weighted by Gasteiger charge is 2.00. The third-order valence-corrected chi connectivity index (χ3v) is 1.83. The van der Waals surface area contributed by atoms with Crippen LogP contribution in [-0.2, 0) is 0 Å². The summed E-state index contributed by atoms with van der Waals surface area (Å²) in [6.07, 6.45) is 5.05. The molecule has 62 valence electrons. The number of aryl methyl sites for hydroxylation is 1. The van der Waals surface area contributed by atoms with Crippen LogP contribution in [0, 0.1) is 19.3 Å². The lowest BCUT2D eigenvalue weighted by atomic mass is 10.4. The second kappa shape index (κ2) is 4.13. The van der Waals surface area contributed by atoms with Crippen molar-refractivity contribution >= 4 is 15.9 Å². The van der Waals surface area contributed by atoms with E-state index in [0.717, 1.165) is 5.69 Å². The smallest absolute Gasteiger partial charge is 0.153 e. The van der Waals surface area contributed by atoms with Crippen molar-refractivity contribution in [3.05, 3.63) is 22.4 Å². The number of ether oxygens (including phenoxy) is 1. The molecule has 0 saturated carbocycles. The monoisotopic (exact) mass is 225 g/mol. The zero-order valence-corrected chi connectivity index (χ0v) is 8.26. The molecule has 12 heavy (non-hydrogen) atoms. The first-order chi connectivity index (χ1) is 5.74. The second-order valence-electron chi connectivity index (χ2n) is 2.23. The highest BCUT2D eigenvalue weighted by molar-refractivity contribution is 9.10. The molecule has 2 nitrogen and oxygen atoms in total. The third kappa shape index (κ3) is 2.24. The predicted molar refractivity (Wildman–Crippen MR) is 51.0 cm³/mol. The van der Waals surface area contributed by atoms with Crippen LogP contribution < -0.4 is 4.74 Å². The molecule has 1 aromatic heterocycles. The molecule has 0 radical (unpaired) electrons. The highest BCUT2D eigenvalue weighted by atomic mass is 79.9. The summed E-state index contributed by atoms with van der Waals surface area (Å²) in [5, 5.41) is 0. The Morgan fingerprint density at radius 2 is 2.42 bits per heavy atom. The van der Waals surface area contributed by atoms with Gasteiger partial charge in [0, 0.05) is 5.69 Å². The van der Waals surface area contributed by atoms with Crippen LogP contribution in [0.5, 0.6) is 5.75 Å². The van der Waals surface area contributed by atoms with Gasteiger partial charge in [-0.25, -0.2) is 4.98 Å². The lowest BCUT2D eigenvalue weighted by molar-refractivity contribution is 0.366. The molecule has 1 aromatic rings. The Labute approximate surface area is 80.1 Å². The van der Waals surface area contributed by atoms with Crippen molar-refractivity contribution in [3.8, 4) is 18.1 Å². The van der Waals surface area contributed by atoms with Crippen molar-refractivity contribution in [2.75, 3.05) is 6.61 Å². The highest BCUT2D eigenvalue weighted by Crippen LogP contribution is 2.22. The number of nitrogens with zero attached hydrogens (tertiary/aromatic N) is 1. The number of hydrogen-bond acceptors (Lipinski definition) is 2. The Morgan fingerprint density at radius 1 is 1.67 bits per heavy atom. The molecule has 0 unspecified atom stereocenters. The molecule has 0 bridgehead atoms. The van der Waals surface area contributed by atoms with Crippen molar-refractivity contribution in [1.82, 2.24) is 4.98 Å². The molecular formula is C9H8BrNO. The number of pyridine rings is 1. The van der Waals surface area contributed by atoms with E-state index in [4.69, 9.17) is 11.2 Å². The van der Waals surface area contributed by atoms with Crippen molar-refractivity contribution in [2.24, 2.45) is 0 Å². The van der Waals surface area contributed by atoms with Crippen molar-refractivity contribution in [2.45, 2.75) is 6.92 Å². The van der Waals surface area contributed by atoms with Gasteiger partial charge in [-0.2, -0.15) is 0 Å². The van der Waals surface area contributed by atoms with Crippen LogP contribution >= 0.6 is 15.9 Å². The molecule has 1 rings (SSSR count). The normalized spacial score (nSPS) is 9.08. The average Bonchev–Trinajstić information content (AvgIpc) is 2.03. The van der Waals surface area contributed by atoms with E-state index in [1.165, 1.54) is 0 Å². The van der Waals surface area contributed by atoms with Crippen LogP contribution in [0.25, 0.3) is 0 Å². The summed E-state index contributed by atoms with van der Waals surface area (Å²) in [4.78, 5) is 4.15. The molecule has 3 heteroatoms. The molecule has 0 amide bonds. The molecule has 0 aliphatic heterocycles. The molecule has 0 aromatic carbocycles. The zero-order chi connectivity index (χ0) is 8.97. The summed E-state index contributed by atoms with van der Waals surface area (Å²) in [6, 6.07) is 3.71. The molecule has 0 saturated heterocycles. The molecule has 0 N–H and O–H groups in total. The van der Waals surface area contributed by atoms with Crippen LogP contribution in [0.1, 0.15) is 5.69 Å². The van der Waals surface area contributed by atoms with Gasteiger partial charge in [0.05, 0.1) is 0 Å². The first-order valence-corrected chi connectivity index (χ1v) is 4.22. The number of aromatic nitrogens is 1. The minimum atomic E-state index is 0.267. The first-order valence-electron chi connectivity index (χ1n) is 3.43. The standard InChI is InChI=1S/C9H8BrNO/c1-3-6-12-8-5-4-7(2)11-9(8)10/h1,4-5H,6H2,2H3. The summed E-state index contributed by atoms with van der Waals surface area (Å²) in [6.45, 7) is 2.18. The Morgan fingerprint density at radius 3 is 3.00 bits per heavy atom. The average molecular weight is 226 g/mol. The lowest BCUT2D eigenvalue weighted by Gasteiger charge is -2.03. The van der Waals surface area contributed by atoms with Gasteiger partial charge in [0.2, 0.25) is 0 Å². The van der Waals surface area contributed by atoms with Crippen LogP contribution in [0.3, 0.4) is 0 Å². The fourth-order valence-corrected chi connectivity index (χ4v) is 1.27. The SMILES string of the molecule is C#CCOc1ccc(C)nc1Br. The van der Waals surface area contributed by atoms with Gasteiger partial charge >= 0.3 is 0 Å². The fraction of sp³-hybridized carbons (Fsp3) is 0.222. The van der Waals surface area contributed by atoms with Crippen LogP contribution in [0.4, 0.5) is 0 Å². The van der Waals surface area contributed by atoms with E-state index in [9.17, 15) is 0 Å². The topological polar surface area (TPSA) is 22.1 Å². The van der Waals surface area contributed by atoms with E-state index in [0.29, 0.717) is 10.4 Å². The molecule has 0 aliphatic carbocycles. The molecule has 0 atom stereocenters. The molecule has 0 aliphatic rings. The maximum atomic E-state index is 5.20. The van der Waals surface area contributed by atoms with Gasteiger partial charge < -0.3 is 4.74 Å². The Bertz CT molecular complexity index is 317. The molecule has 1 heterocycles. The van der Waals surface area contributed by atoms with Gasteiger partial charge in [-0.15, -0.1) is 6.42 Å². The fourth-order valence-electron chi connectivity index (χ4n) is 0.739. The largest absolute Gasteiger partial charge is 0.478 e. The molecule has 0 fully saturated rings. The number of terminal acetylenes is 1. The quantitative estimate of drug-likeness (QED) is 0.569. The van der Waals surface area contributed by atoms with Crippen LogP contribution in [0.2, 0.25) is 0 Å². The van der Waals surface area contributed by atoms with Crippen molar-refractivity contribution in [3.63, 3.8) is 0 Å². The summed E-state index contributed by atoms with van der Waals surface area (Å²) >= 11 is 3.27. The minimum Gasteiger partial charge on any atom is -0.478 e. The van der Waals surface area contributed by atoms with Gasteiger partial charge in [0.1, 0.15) is 11.2 Å². The Balaban J connectivity index is 2.81. The summed E-state index contributed by atoms with van der Waals surface area (Å²) in [5.74, 6) is 3.07. The van der Waals surface area contributed by atoms with E-state index in [2.05, 4.69) is 26.8 Å². The first kappa shape index (κ1) is 9.08. The van der Waals surface area contributed by atoms with Gasteiger partial charge in [0.15, 0.2) is 5.75 Å². The van der Waals surface area contributed by atoms with Gasteiger partial charge in [0.25, 0.3) is 0 Å². The third-order valence-electron chi connectivity index (χ3n) is 1.26. The van der Waals surface area contributed by atoms with Gasteiger partial charge in [-0.1, -0.05) is 5.92 Å². The lowest BCUT2D eigenvalue weighted by Crippen LogP contribution is -1.95. The second-order valence-corrected chi connectivity index (χ2v) is 2.99. The zero-order valence-electron chi connectivity index (χ0n) is 6.67. The van der Waals surface area contributed by atoms with Crippen LogP contribution in [0.15, 0.2) is 16.7 Å². The number of rotatable bonds is 2. The molecular weight excluding hydrogens is 218 g/mol. The summed E-state index contributed by atoms with van der Waals surface area (Å²) in [5.41, 5.74) is 0.940. The van der Waals surface area contributed by atoms with E-state index in [-0.39, 0.29) is 6.61 Å². The minimum absolute atomic E-state index is 0.267. The van der Waals surface area contributed by atoms with E-state index < -0.39 is 0 Å². The maximum Gasteiger partial charge on any atom is 0.153 e. The summed E-state index contributed by atoms with van der Waals surface area (Å²) < 4.78 is 5.89. The Kier molecular flexibility index (Phi) is 3.12.